The number of nitrogens with zero attached hydrogens (tertiary/aromatic N) is 3. The van der Waals surface area contributed by atoms with Crippen LogP contribution < -0.4 is 16.0 Å². The van der Waals surface area contributed by atoms with Crippen molar-refractivity contribution in [3.63, 3.8) is 0 Å². The van der Waals surface area contributed by atoms with E-state index in [1.165, 1.54) is 19.5 Å². The van der Waals surface area contributed by atoms with Crippen molar-refractivity contribution in [2.45, 2.75) is 24.5 Å². The molecule has 0 amide bonds. The van der Waals surface area contributed by atoms with Gasteiger partial charge < -0.3 is 20.4 Å². The van der Waals surface area contributed by atoms with Crippen LogP contribution in [-0.4, -0.2) is 107 Å². The van der Waals surface area contributed by atoms with Crippen LogP contribution in [0.15, 0.2) is 0 Å². The molecule has 0 spiro atoms. The van der Waals surface area contributed by atoms with Gasteiger partial charge in [-0.15, -0.1) is 0 Å². The normalized spacial score (nSPS) is 32.5. The molecule has 0 aromatic heterocycles. The van der Waals surface area contributed by atoms with E-state index < -0.39 is 0 Å². The van der Waals surface area contributed by atoms with Crippen LogP contribution in [0.5, 0.6) is 0 Å². The highest BCUT2D eigenvalue weighted by molar-refractivity contribution is 4.98. The van der Waals surface area contributed by atoms with Crippen LogP contribution in [0.1, 0.15) is 12.8 Å². The zero-order chi connectivity index (χ0) is 16.0. The molecule has 0 bridgehead atoms. The Morgan fingerprint density at radius 2 is 1.86 bits per heavy atom. The largest absolute Gasteiger partial charge is 0.320 e. The molecule has 0 radical (unpaired) electrons. The van der Waals surface area contributed by atoms with E-state index in [2.05, 4.69) is 51.8 Å². The second kappa shape index (κ2) is 8.57. The molecule has 2 heterocycles. The second-order valence-electron chi connectivity index (χ2n) is 7.02. The molecule has 2 atom stereocenters. The number of hydrogen-bond acceptors (Lipinski definition) is 6. The predicted molar refractivity (Wildman–Crippen MR) is 93.3 cm³/mol. The highest BCUT2D eigenvalue weighted by atomic mass is 15.4. The van der Waals surface area contributed by atoms with Gasteiger partial charge in [0.2, 0.25) is 0 Å². The maximum atomic E-state index is 3.87. The average Bonchev–Trinajstić information content (AvgIpc) is 2.52. The quantitative estimate of drug-likeness (QED) is 0.564. The molecular formula is C16H36N6. The van der Waals surface area contributed by atoms with E-state index >= 15 is 0 Å². The Labute approximate surface area is 136 Å². The van der Waals surface area contributed by atoms with Crippen molar-refractivity contribution < 1.29 is 0 Å². The van der Waals surface area contributed by atoms with Crippen molar-refractivity contribution in [2.24, 2.45) is 0 Å². The van der Waals surface area contributed by atoms with Gasteiger partial charge in [-0.2, -0.15) is 0 Å². The summed E-state index contributed by atoms with van der Waals surface area (Å²) < 4.78 is 0. The fourth-order valence-electron chi connectivity index (χ4n) is 3.89. The molecule has 3 N–H and O–H groups in total. The first-order chi connectivity index (χ1) is 10.6. The van der Waals surface area contributed by atoms with E-state index in [9.17, 15) is 0 Å². The van der Waals surface area contributed by atoms with Crippen molar-refractivity contribution in [1.82, 2.24) is 30.7 Å². The lowest BCUT2D eigenvalue weighted by atomic mass is 9.96. The van der Waals surface area contributed by atoms with Crippen LogP contribution in [0.4, 0.5) is 0 Å². The third-order valence-corrected chi connectivity index (χ3v) is 5.38. The monoisotopic (exact) mass is 312 g/mol. The summed E-state index contributed by atoms with van der Waals surface area (Å²) in [6, 6.07) is 0.654. The third-order valence-electron chi connectivity index (χ3n) is 5.38. The zero-order valence-corrected chi connectivity index (χ0v) is 15.0. The molecule has 6 nitrogen and oxygen atoms in total. The van der Waals surface area contributed by atoms with Gasteiger partial charge in [-0.05, 0) is 54.1 Å². The first-order valence-corrected chi connectivity index (χ1v) is 8.79. The Morgan fingerprint density at radius 1 is 1.09 bits per heavy atom. The Morgan fingerprint density at radius 3 is 2.55 bits per heavy atom. The first-order valence-electron chi connectivity index (χ1n) is 8.79. The van der Waals surface area contributed by atoms with Crippen LogP contribution >= 0.6 is 0 Å². The van der Waals surface area contributed by atoms with Crippen LogP contribution in [0.3, 0.4) is 0 Å². The molecule has 2 unspecified atom stereocenters. The summed E-state index contributed by atoms with van der Waals surface area (Å²) in [5.74, 6) is 0. The van der Waals surface area contributed by atoms with Gasteiger partial charge in [0, 0.05) is 45.3 Å². The minimum Gasteiger partial charge on any atom is -0.320 e. The molecule has 2 saturated heterocycles. The highest BCUT2D eigenvalue weighted by Crippen LogP contribution is 2.24. The number of nitrogens with one attached hydrogen (secondary N) is 3. The predicted octanol–water partition coefficient (Wildman–Crippen LogP) is -0.947. The molecule has 22 heavy (non-hydrogen) atoms. The fraction of sp³-hybridized carbons (Fsp3) is 1.00. The molecule has 2 fully saturated rings. The molecular weight excluding hydrogens is 276 g/mol. The van der Waals surface area contributed by atoms with E-state index in [1.807, 2.05) is 7.05 Å². The van der Waals surface area contributed by atoms with Gasteiger partial charge in [0.25, 0.3) is 0 Å². The summed E-state index contributed by atoms with van der Waals surface area (Å²) in [4.78, 5) is 7.74. The average molecular weight is 313 g/mol. The van der Waals surface area contributed by atoms with E-state index in [-0.39, 0.29) is 5.66 Å². The third kappa shape index (κ3) is 4.40. The van der Waals surface area contributed by atoms with Gasteiger partial charge in [0.15, 0.2) is 0 Å². The topological polar surface area (TPSA) is 45.8 Å². The first kappa shape index (κ1) is 18.1. The Balaban J connectivity index is 2.05. The van der Waals surface area contributed by atoms with Gasteiger partial charge in [-0.1, -0.05) is 0 Å². The Kier molecular flexibility index (Phi) is 7.05. The summed E-state index contributed by atoms with van der Waals surface area (Å²) in [5, 5.41) is 10.5. The van der Waals surface area contributed by atoms with Gasteiger partial charge in [0.1, 0.15) is 0 Å². The Bertz CT molecular complexity index is 326. The van der Waals surface area contributed by atoms with E-state index in [0.717, 1.165) is 45.7 Å². The highest BCUT2D eigenvalue weighted by Gasteiger charge is 2.41. The fourth-order valence-corrected chi connectivity index (χ4v) is 3.89. The molecule has 0 aromatic rings. The van der Waals surface area contributed by atoms with Gasteiger partial charge >= 0.3 is 0 Å². The van der Waals surface area contributed by atoms with Crippen molar-refractivity contribution >= 4 is 0 Å². The maximum absolute atomic E-state index is 3.87. The summed E-state index contributed by atoms with van der Waals surface area (Å²) >= 11 is 0. The molecule has 0 aliphatic carbocycles. The molecule has 2 rings (SSSR count). The summed E-state index contributed by atoms with van der Waals surface area (Å²) in [7, 11) is 8.63. The number of piperazine rings is 2. The van der Waals surface area contributed by atoms with Crippen LogP contribution in [0.25, 0.3) is 0 Å². The van der Waals surface area contributed by atoms with Crippen LogP contribution in [-0.2, 0) is 0 Å². The van der Waals surface area contributed by atoms with Gasteiger partial charge in [0.05, 0.1) is 5.66 Å². The Hall–Kier alpha value is -0.240. The van der Waals surface area contributed by atoms with Gasteiger partial charge in [-0.25, -0.2) is 0 Å². The van der Waals surface area contributed by atoms with Gasteiger partial charge in [-0.3, -0.25) is 10.2 Å². The van der Waals surface area contributed by atoms with E-state index in [1.54, 1.807) is 0 Å². The molecule has 2 aliphatic heterocycles. The lowest BCUT2D eigenvalue weighted by molar-refractivity contribution is -0.0464. The van der Waals surface area contributed by atoms with Crippen molar-refractivity contribution in [1.29, 1.82) is 0 Å². The number of likely N-dealkylation sites (N-methyl/N-ethyl adjacent to an activating group) is 2. The molecule has 0 aromatic carbocycles. The SMILES string of the molecule is CNCCC1CN(C2(CCNC)CN(C)CCN2)CCN1C. The van der Waals surface area contributed by atoms with Crippen LogP contribution in [0, 0.1) is 0 Å². The smallest absolute Gasteiger partial charge is 0.0856 e. The van der Waals surface area contributed by atoms with E-state index in [4.69, 9.17) is 0 Å². The maximum Gasteiger partial charge on any atom is 0.0856 e. The summed E-state index contributed by atoms with van der Waals surface area (Å²) in [6.07, 6.45) is 2.39. The molecule has 130 valence electrons. The lowest BCUT2D eigenvalue weighted by Gasteiger charge is -2.53. The molecule has 0 saturated carbocycles. The summed E-state index contributed by atoms with van der Waals surface area (Å²) in [5.41, 5.74) is 0.134. The summed E-state index contributed by atoms with van der Waals surface area (Å²) in [6.45, 7) is 9.03. The van der Waals surface area contributed by atoms with E-state index in [0.29, 0.717) is 6.04 Å². The zero-order valence-electron chi connectivity index (χ0n) is 15.0. The molecule has 2 aliphatic rings. The number of rotatable bonds is 7. The minimum atomic E-state index is 0.134. The standard InChI is InChI=1S/C16H36N6/c1-17-7-5-15-13-22(12-11-21(15)4)16(6-8-18-2)14-20(3)10-9-19-16/h15,17-19H,5-14H2,1-4H3. The number of hydrogen-bond donors (Lipinski definition) is 3. The second-order valence-corrected chi connectivity index (χ2v) is 7.02. The van der Waals surface area contributed by atoms with Crippen molar-refractivity contribution in [3.05, 3.63) is 0 Å². The van der Waals surface area contributed by atoms with Crippen molar-refractivity contribution in [3.8, 4) is 0 Å². The molecule has 6 heteroatoms. The van der Waals surface area contributed by atoms with Crippen LogP contribution in [0.2, 0.25) is 0 Å². The minimum absolute atomic E-state index is 0.134. The van der Waals surface area contributed by atoms with Crippen molar-refractivity contribution in [2.75, 3.05) is 80.5 Å². The lowest BCUT2D eigenvalue weighted by Crippen LogP contribution is -2.72.